The molecule has 0 bridgehead atoms. The van der Waals surface area contributed by atoms with E-state index in [0.717, 1.165) is 18.3 Å². The van der Waals surface area contributed by atoms with Crippen LogP contribution in [-0.2, 0) is 0 Å². The van der Waals surface area contributed by atoms with Gasteiger partial charge in [0.25, 0.3) is 0 Å². The van der Waals surface area contributed by atoms with E-state index >= 15 is 0 Å². The number of carbonyl (C=O) groups is 1. The van der Waals surface area contributed by atoms with Gasteiger partial charge in [0.15, 0.2) is 6.29 Å². The molecule has 0 radical (unpaired) electrons. The van der Waals surface area contributed by atoms with Crippen molar-refractivity contribution in [3.05, 3.63) is 69.2 Å². The Balaban J connectivity index is 0.000000211. The Labute approximate surface area is 129 Å². The Kier molecular flexibility index (Phi) is 6.78. The average Bonchev–Trinajstić information content (AvgIpc) is 2.43. The summed E-state index contributed by atoms with van der Waals surface area (Å²) in [5.41, 5.74) is 0.237. The quantitative estimate of drug-likeness (QED) is 0.379. The van der Waals surface area contributed by atoms with Crippen LogP contribution >= 0.6 is 23.2 Å². The molecule has 0 amide bonds. The van der Waals surface area contributed by atoms with Crippen molar-refractivity contribution in [2.75, 3.05) is 0 Å². The second kappa shape index (κ2) is 8.34. The molecule has 0 aromatic heterocycles. The zero-order chi connectivity index (χ0) is 15.8. The molecule has 0 aliphatic carbocycles. The minimum atomic E-state index is -0.581. The summed E-state index contributed by atoms with van der Waals surface area (Å²) in [6.45, 7) is 0. The van der Waals surface area contributed by atoms with Gasteiger partial charge in [0, 0.05) is 15.6 Å². The van der Waals surface area contributed by atoms with Crippen molar-refractivity contribution in [2.24, 2.45) is 5.16 Å². The van der Waals surface area contributed by atoms with Gasteiger partial charge in [-0.1, -0.05) is 28.4 Å². The number of oxime groups is 1. The molecule has 0 fully saturated rings. The molecule has 7 heteroatoms. The van der Waals surface area contributed by atoms with Crippen LogP contribution in [0.1, 0.15) is 15.9 Å². The van der Waals surface area contributed by atoms with Crippen molar-refractivity contribution in [1.82, 2.24) is 0 Å². The van der Waals surface area contributed by atoms with E-state index in [9.17, 15) is 13.6 Å². The third kappa shape index (κ3) is 5.49. The van der Waals surface area contributed by atoms with Gasteiger partial charge in [-0.15, -0.1) is 0 Å². The normalized spacial score (nSPS) is 10.1. The van der Waals surface area contributed by atoms with Gasteiger partial charge in [0.05, 0.1) is 11.8 Å². The van der Waals surface area contributed by atoms with Gasteiger partial charge in [-0.05, 0) is 36.4 Å². The molecule has 0 aliphatic heterocycles. The van der Waals surface area contributed by atoms with E-state index in [0.29, 0.717) is 16.3 Å². The standard InChI is InChI=1S/C7H5ClFNO.C7H4ClFO/c8-6-2-1-5(4-10-11)7(9)3-6;8-6-2-1-5(4-10)7(9)3-6/h1-4,11H;1-4H/b10-4-;. The van der Waals surface area contributed by atoms with Crippen molar-refractivity contribution >= 4 is 35.7 Å². The Hall–Kier alpha value is -1.98. The zero-order valence-electron chi connectivity index (χ0n) is 10.4. The zero-order valence-corrected chi connectivity index (χ0v) is 11.9. The van der Waals surface area contributed by atoms with Gasteiger partial charge in [0.1, 0.15) is 11.6 Å². The number of carbonyl (C=O) groups excluding carboxylic acids is 1. The Morgan fingerprint density at radius 1 is 0.952 bits per heavy atom. The predicted molar refractivity (Wildman–Crippen MR) is 77.6 cm³/mol. The van der Waals surface area contributed by atoms with Crippen LogP contribution in [0, 0.1) is 11.6 Å². The lowest BCUT2D eigenvalue weighted by atomic mass is 10.2. The molecule has 0 unspecified atom stereocenters. The first-order chi connectivity index (χ1) is 9.97. The van der Waals surface area contributed by atoms with Gasteiger partial charge in [-0.2, -0.15) is 0 Å². The number of benzene rings is 2. The fourth-order valence-electron chi connectivity index (χ4n) is 1.27. The molecule has 0 aliphatic rings. The lowest BCUT2D eigenvalue weighted by Gasteiger charge is -1.94. The van der Waals surface area contributed by atoms with E-state index in [1.165, 1.54) is 24.3 Å². The van der Waals surface area contributed by atoms with Crippen LogP contribution in [0.4, 0.5) is 8.78 Å². The molecule has 0 saturated carbocycles. The van der Waals surface area contributed by atoms with E-state index in [1.807, 2.05) is 0 Å². The van der Waals surface area contributed by atoms with Gasteiger partial charge < -0.3 is 5.21 Å². The van der Waals surface area contributed by atoms with Crippen molar-refractivity contribution in [3.8, 4) is 0 Å². The van der Waals surface area contributed by atoms with E-state index in [4.69, 9.17) is 28.4 Å². The topological polar surface area (TPSA) is 49.7 Å². The highest BCUT2D eigenvalue weighted by Gasteiger charge is 1.99. The molecular formula is C14H9Cl2F2NO2. The molecule has 21 heavy (non-hydrogen) atoms. The molecule has 110 valence electrons. The number of nitrogens with zero attached hydrogens (tertiary/aromatic N) is 1. The maximum atomic E-state index is 12.8. The Bertz CT molecular complexity index is 663. The van der Waals surface area contributed by atoms with Crippen LogP contribution in [0.5, 0.6) is 0 Å². The summed E-state index contributed by atoms with van der Waals surface area (Å²) in [7, 11) is 0. The highest BCUT2D eigenvalue weighted by atomic mass is 35.5. The SMILES string of the molecule is O/N=C\c1ccc(Cl)cc1F.O=Cc1ccc(Cl)cc1F. The summed E-state index contributed by atoms with van der Waals surface area (Å²) in [4.78, 5) is 10.1. The molecule has 2 aromatic carbocycles. The summed E-state index contributed by atoms with van der Waals surface area (Å²) in [5, 5.41) is 11.4. The molecule has 1 N–H and O–H groups in total. The lowest BCUT2D eigenvalue weighted by Crippen LogP contribution is -1.86. The molecule has 0 spiro atoms. The van der Waals surface area contributed by atoms with Gasteiger partial charge >= 0.3 is 0 Å². The monoisotopic (exact) mass is 331 g/mol. The van der Waals surface area contributed by atoms with Crippen molar-refractivity contribution < 1.29 is 18.8 Å². The molecule has 0 heterocycles. The molecule has 2 aromatic rings. The second-order valence-corrected chi connectivity index (χ2v) is 4.57. The predicted octanol–water partition coefficient (Wildman–Crippen LogP) is 4.58. The van der Waals surface area contributed by atoms with Crippen LogP contribution in [-0.4, -0.2) is 17.7 Å². The molecule has 2 rings (SSSR count). The number of aldehydes is 1. The Morgan fingerprint density at radius 2 is 1.43 bits per heavy atom. The summed E-state index contributed by atoms with van der Waals surface area (Å²) < 4.78 is 25.3. The fourth-order valence-corrected chi connectivity index (χ4v) is 1.58. The number of halogens is 4. The van der Waals surface area contributed by atoms with Crippen LogP contribution in [0.2, 0.25) is 10.0 Å². The maximum Gasteiger partial charge on any atom is 0.152 e. The second-order valence-electron chi connectivity index (χ2n) is 3.69. The van der Waals surface area contributed by atoms with E-state index in [1.54, 1.807) is 0 Å². The first-order valence-corrected chi connectivity index (χ1v) is 6.26. The van der Waals surface area contributed by atoms with E-state index in [-0.39, 0.29) is 11.1 Å². The van der Waals surface area contributed by atoms with Crippen molar-refractivity contribution in [3.63, 3.8) is 0 Å². The number of hydrogen-bond donors (Lipinski definition) is 1. The van der Waals surface area contributed by atoms with E-state index < -0.39 is 11.6 Å². The fraction of sp³-hybridized carbons (Fsp3) is 0. The van der Waals surface area contributed by atoms with Gasteiger partial charge in [-0.25, -0.2) is 8.78 Å². The molecule has 3 nitrogen and oxygen atoms in total. The minimum Gasteiger partial charge on any atom is -0.411 e. The summed E-state index contributed by atoms with van der Waals surface area (Å²) in [6.07, 6.45) is 1.46. The van der Waals surface area contributed by atoms with Crippen LogP contribution in [0.3, 0.4) is 0 Å². The first-order valence-electron chi connectivity index (χ1n) is 5.50. The van der Waals surface area contributed by atoms with Crippen LogP contribution < -0.4 is 0 Å². The largest absolute Gasteiger partial charge is 0.411 e. The summed E-state index contributed by atoms with van der Waals surface area (Å²) >= 11 is 10.9. The van der Waals surface area contributed by atoms with Crippen LogP contribution in [0.25, 0.3) is 0 Å². The van der Waals surface area contributed by atoms with Crippen LogP contribution in [0.15, 0.2) is 41.6 Å². The highest BCUT2D eigenvalue weighted by molar-refractivity contribution is 6.30. The average molecular weight is 332 g/mol. The third-order valence-corrected chi connectivity index (χ3v) is 2.72. The number of rotatable bonds is 2. The van der Waals surface area contributed by atoms with E-state index in [2.05, 4.69) is 5.16 Å². The molecular weight excluding hydrogens is 323 g/mol. The van der Waals surface area contributed by atoms with Gasteiger partial charge in [0.2, 0.25) is 0 Å². The minimum absolute atomic E-state index is 0.0319. The summed E-state index contributed by atoms with van der Waals surface area (Å²) in [5.74, 6) is -1.09. The number of hydrogen-bond acceptors (Lipinski definition) is 3. The third-order valence-electron chi connectivity index (χ3n) is 2.25. The first kappa shape index (κ1) is 17.1. The Morgan fingerprint density at radius 3 is 1.81 bits per heavy atom. The maximum absolute atomic E-state index is 12.8. The van der Waals surface area contributed by atoms with Crippen molar-refractivity contribution in [2.45, 2.75) is 0 Å². The van der Waals surface area contributed by atoms with Gasteiger partial charge in [-0.3, -0.25) is 4.79 Å². The summed E-state index contributed by atoms with van der Waals surface area (Å²) in [6, 6.07) is 8.00. The van der Waals surface area contributed by atoms with Crippen molar-refractivity contribution in [1.29, 1.82) is 0 Å². The molecule has 0 saturated heterocycles. The smallest absolute Gasteiger partial charge is 0.152 e. The molecule has 0 atom stereocenters. The highest BCUT2D eigenvalue weighted by Crippen LogP contribution is 2.13. The lowest BCUT2D eigenvalue weighted by molar-refractivity contribution is 0.112.